The molecule has 4 atom stereocenters. The van der Waals surface area contributed by atoms with Crippen molar-refractivity contribution in [1.82, 2.24) is 0 Å². The Hall–Kier alpha value is -3.55. The number of rotatable bonds is 4. The van der Waals surface area contributed by atoms with Crippen molar-refractivity contribution in [2.75, 3.05) is 6.61 Å². The van der Waals surface area contributed by atoms with Gasteiger partial charge in [-0.1, -0.05) is 0 Å². The molecule has 12 nitrogen and oxygen atoms in total. The first-order valence-electron chi connectivity index (χ1n) is 9.14. The largest absolute Gasteiger partial charge is 0.504 e. The Labute approximate surface area is 178 Å². The Morgan fingerprint density at radius 1 is 1.00 bits per heavy atom. The summed E-state index contributed by atoms with van der Waals surface area (Å²) in [6, 6.07) is 5.65. The van der Waals surface area contributed by atoms with Gasteiger partial charge in [-0.3, -0.25) is 4.79 Å². The SMILES string of the molecule is O=c1cc(-c2ccc(O)c(O)c2)oc2cc(OC3OC(O)(CO)C(O)C3O)c(O)c(O)c12. The van der Waals surface area contributed by atoms with E-state index in [0.717, 1.165) is 18.2 Å². The van der Waals surface area contributed by atoms with Gasteiger partial charge in [-0.05, 0) is 18.2 Å². The second-order valence-electron chi connectivity index (χ2n) is 7.17. The lowest BCUT2D eigenvalue weighted by molar-refractivity contribution is -0.267. The lowest BCUT2D eigenvalue weighted by Crippen LogP contribution is -2.46. The first kappa shape index (κ1) is 21.7. The highest BCUT2D eigenvalue weighted by Gasteiger charge is 2.54. The third kappa shape index (κ3) is 3.36. The summed E-state index contributed by atoms with van der Waals surface area (Å²) in [5.41, 5.74) is -0.814. The molecule has 32 heavy (non-hydrogen) atoms. The third-order valence-corrected chi connectivity index (χ3v) is 5.05. The molecule has 12 heteroatoms. The average Bonchev–Trinajstić information content (AvgIpc) is 2.97. The normalized spacial score (nSPS) is 25.3. The predicted molar refractivity (Wildman–Crippen MR) is 104 cm³/mol. The van der Waals surface area contributed by atoms with Gasteiger partial charge in [0.1, 0.15) is 28.9 Å². The lowest BCUT2D eigenvalue weighted by atomic mass is 10.1. The van der Waals surface area contributed by atoms with Crippen LogP contribution in [-0.4, -0.2) is 71.7 Å². The molecule has 4 unspecified atom stereocenters. The van der Waals surface area contributed by atoms with E-state index in [1.165, 1.54) is 12.1 Å². The summed E-state index contributed by atoms with van der Waals surface area (Å²) in [7, 11) is 0. The monoisotopic (exact) mass is 450 g/mol. The minimum atomic E-state index is -2.53. The van der Waals surface area contributed by atoms with Crippen molar-refractivity contribution in [1.29, 1.82) is 0 Å². The number of hydrogen-bond acceptors (Lipinski definition) is 12. The zero-order valence-corrected chi connectivity index (χ0v) is 16.0. The van der Waals surface area contributed by atoms with Gasteiger partial charge >= 0.3 is 0 Å². The minimum absolute atomic E-state index is 0.0592. The Bertz CT molecular complexity index is 1250. The van der Waals surface area contributed by atoms with Crippen LogP contribution in [0.15, 0.2) is 39.5 Å². The summed E-state index contributed by atoms with van der Waals surface area (Å²) < 4.78 is 15.8. The summed E-state index contributed by atoms with van der Waals surface area (Å²) >= 11 is 0. The topological polar surface area (TPSA) is 211 Å². The number of fused-ring (bicyclic) bond motifs is 1. The summed E-state index contributed by atoms with van der Waals surface area (Å²) in [4.78, 5) is 12.5. The van der Waals surface area contributed by atoms with Gasteiger partial charge in [0.15, 0.2) is 28.4 Å². The first-order valence-corrected chi connectivity index (χ1v) is 9.14. The van der Waals surface area contributed by atoms with Crippen molar-refractivity contribution in [2.24, 2.45) is 0 Å². The van der Waals surface area contributed by atoms with Crippen molar-refractivity contribution in [2.45, 2.75) is 24.3 Å². The molecule has 1 aliphatic heterocycles. The maximum absolute atomic E-state index is 12.5. The van der Waals surface area contributed by atoms with Gasteiger partial charge < -0.3 is 54.7 Å². The molecule has 170 valence electrons. The molecule has 1 saturated heterocycles. The quantitative estimate of drug-likeness (QED) is 0.235. The van der Waals surface area contributed by atoms with E-state index in [9.17, 15) is 40.5 Å². The Kier molecular flexibility index (Phi) is 5.11. The van der Waals surface area contributed by atoms with Crippen LogP contribution in [0.2, 0.25) is 0 Å². The molecule has 0 amide bonds. The molecule has 0 aliphatic carbocycles. The molecule has 0 saturated carbocycles. The van der Waals surface area contributed by atoms with Gasteiger partial charge in [-0.2, -0.15) is 0 Å². The number of phenolic OH excluding ortho intramolecular Hbond substituents is 4. The van der Waals surface area contributed by atoms with E-state index in [2.05, 4.69) is 0 Å². The predicted octanol–water partition coefficient (Wildman–Crippen LogP) is -0.580. The van der Waals surface area contributed by atoms with Crippen LogP contribution in [0, 0.1) is 0 Å². The number of phenols is 4. The van der Waals surface area contributed by atoms with Gasteiger partial charge in [0.2, 0.25) is 17.8 Å². The van der Waals surface area contributed by atoms with Gasteiger partial charge in [-0.15, -0.1) is 0 Å². The number of aliphatic hydroxyl groups excluding tert-OH is 3. The number of benzene rings is 2. The fourth-order valence-electron chi connectivity index (χ4n) is 3.28. The molecule has 2 heterocycles. The molecule has 0 spiro atoms. The molecule has 4 rings (SSSR count). The van der Waals surface area contributed by atoms with E-state index in [1.54, 1.807) is 0 Å². The molecule has 0 bridgehead atoms. The molecule has 3 aromatic rings. The van der Waals surface area contributed by atoms with Crippen LogP contribution in [0.25, 0.3) is 22.3 Å². The van der Waals surface area contributed by atoms with Crippen LogP contribution >= 0.6 is 0 Å². The van der Waals surface area contributed by atoms with Crippen LogP contribution in [0.1, 0.15) is 0 Å². The number of aromatic hydroxyl groups is 4. The van der Waals surface area contributed by atoms with Crippen LogP contribution in [-0.2, 0) is 4.74 Å². The zero-order valence-electron chi connectivity index (χ0n) is 16.0. The van der Waals surface area contributed by atoms with Crippen LogP contribution in [0.3, 0.4) is 0 Å². The van der Waals surface area contributed by atoms with E-state index in [4.69, 9.17) is 19.0 Å². The number of ether oxygens (including phenoxy) is 2. The molecule has 8 N–H and O–H groups in total. The molecule has 2 aromatic carbocycles. The molecular formula is C20H18O12. The van der Waals surface area contributed by atoms with E-state index in [0.29, 0.717) is 0 Å². The summed E-state index contributed by atoms with van der Waals surface area (Å²) in [6.45, 7) is -1.07. The second kappa shape index (κ2) is 7.55. The van der Waals surface area contributed by atoms with Crippen LogP contribution in [0.5, 0.6) is 28.7 Å². The second-order valence-corrected chi connectivity index (χ2v) is 7.17. The van der Waals surface area contributed by atoms with Gasteiger partial charge in [0.05, 0.1) is 6.61 Å². The number of aliphatic hydroxyl groups is 4. The van der Waals surface area contributed by atoms with Crippen LogP contribution < -0.4 is 10.2 Å². The van der Waals surface area contributed by atoms with Crippen molar-refractivity contribution in [3.8, 4) is 40.1 Å². The van der Waals surface area contributed by atoms with Crippen LogP contribution in [0.4, 0.5) is 0 Å². The third-order valence-electron chi connectivity index (χ3n) is 5.05. The zero-order chi connectivity index (χ0) is 23.4. The van der Waals surface area contributed by atoms with E-state index in [-0.39, 0.29) is 16.9 Å². The average molecular weight is 450 g/mol. The highest BCUT2D eigenvalue weighted by atomic mass is 16.8. The van der Waals surface area contributed by atoms with E-state index in [1.807, 2.05) is 0 Å². The maximum Gasteiger partial charge on any atom is 0.231 e. The summed E-state index contributed by atoms with van der Waals surface area (Å²) in [5, 5.41) is 78.2. The maximum atomic E-state index is 12.5. The van der Waals surface area contributed by atoms with Crippen molar-refractivity contribution in [3.63, 3.8) is 0 Å². The van der Waals surface area contributed by atoms with E-state index >= 15 is 0 Å². The molecule has 1 fully saturated rings. The minimum Gasteiger partial charge on any atom is -0.504 e. The molecule has 1 aromatic heterocycles. The Balaban J connectivity index is 1.79. The van der Waals surface area contributed by atoms with E-state index < -0.39 is 70.5 Å². The molecular weight excluding hydrogens is 432 g/mol. The number of hydrogen-bond donors (Lipinski definition) is 8. The molecule has 1 aliphatic rings. The fraction of sp³-hybridized carbons (Fsp3) is 0.250. The van der Waals surface area contributed by atoms with Crippen molar-refractivity contribution < 1.29 is 54.7 Å². The fourth-order valence-corrected chi connectivity index (χ4v) is 3.28. The van der Waals surface area contributed by atoms with Crippen molar-refractivity contribution in [3.05, 3.63) is 40.6 Å². The standard InChI is InChI=1S/C20H18O12/c21-6-20(29)18(28)17(27)19(32-20)31-13-5-12-14(16(26)15(13)25)10(24)4-11(30-12)7-1-2-8(22)9(23)3-7/h1-5,17-19,21-23,25-29H,6H2. The van der Waals surface area contributed by atoms with Gasteiger partial charge in [-0.25, -0.2) is 0 Å². The van der Waals surface area contributed by atoms with Crippen molar-refractivity contribution >= 4 is 11.0 Å². The highest BCUT2D eigenvalue weighted by Crippen LogP contribution is 2.43. The highest BCUT2D eigenvalue weighted by molar-refractivity contribution is 5.89. The lowest BCUT2D eigenvalue weighted by Gasteiger charge is -2.22. The first-order chi connectivity index (χ1) is 15.1. The summed E-state index contributed by atoms with van der Waals surface area (Å²) in [6.07, 6.45) is -5.56. The smallest absolute Gasteiger partial charge is 0.231 e. The van der Waals surface area contributed by atoms with Gasteiger partial charge in [0.25, 0.3) is 0 Å². The molecule has 0 radical (unpaired) electrons. The summed E-state index contributed by atoms with van der Waals surface area (Å²) in [5.74, 6) is -5.81. The Morgan fingerprint density at radius 3 is 2.34 bits per heavy atom. The van der Waals surface area contributed by atoms with Gasteiger partial charge in [0, 0.05) is 17.7 Å². The Morgan fingerprint density at radius 2 is 1.72 bits per heavy atom.